The van der Waals surface area contributed by atoms with Crippen LogP contribution in [0.5, 0.6) is 0 Å². The van der Waals surface area contributed by atoms with Crippen molar-refractivity contribution in [2.24, 2.45) is 0 Å². The molecule has 6 rings (SSSR count). The van der Waals surface area contributed by atoms with Crippen LogP contribution in [0.2, 0.25) is 13.1 Å². The first-order valence-corrected chi connectivity index (χ1v) is 21.5. The third kappa shape index (κ3) is 6.41. The van der Waals surface area contributed by atoms with Crippen molar-refractivity contribution in [1.29, 1.82) is 0 Å². The highest BCUT2D eigenvalue weighted by Gasteiger charge is 2.43. The van der Waals surface area contributed by atoms with Gasteiger partial charge in [0, 0.05) is 12.8 Å². The van der Waals surface area contributed by atoms with Crippen molar-refractivity contribution in [1.82, 2.24) is 0 Å². The minimum Gasteiger partial charge on any atom is -0.0654 e. The second-order valence-electron chi connectivity index (χ2n) is 14.3. The molecule has 2 aliphatic rings. The second kappa shape index (κ2) is 14.8. The summed E-state index contributed by atoms with van der Waals surface area (Å²) in [5.74, 6) is 0. The number of aryl methyl sites for hydroxylation is 2. The van der Waals surface area contributed by atoms with E-state index in [1.807, 2.05) is 0 Å². The average molecular weight is 635 g/mol. The fraction of sp³-hybridized carbons (Fsp3) is 0.348. The molecule has 2 radical (unpaired) electrons. The minimum absolute atomic E-state index is 1.11. The molecule has 0 atom stereocenters. The lowest BCUT2D eigenvalue weighted by molar-refractivity contribution is 0.795. The maximum atomic E-state index is 2.69. The van der Waals surface area contributed by atoms with Gasteiger partial charge < -0.3 is 0 Å². The van der Waals surface area contributed by atoms with Crippen molar-refractivity contribution in [3.63, 3.8) is 0 Å². The lowest BCUT2D eigenvalue weighted by Crippen LogP contribution is -2.32. The molecule has 242 valence electrons. The number of rotatable bonds is 14. The van der Waals surface area contributed by atoms with Crippen LogP contribution >= 0.6 is 0 Å². The second-order valence-corrected chi connectivity index (χ2v) is 18.5. The molecule has 0 saturated heterocycles. The molecule has 2 aliphatic carbocycles. The Bertz CT molecular complexity index is 1660. The van der Waals surface area contributed by atoms with Crippen molar-refractivity contribution < 1.29 is 0 Å². The molecule has 0 unspecified atom stereocenters. The van der Waals surface area contributed by atoms with Crippen LogP contribution in [0.15, 0.2) is 96.1 Å². The lowest BCUT2D eigenvalue weighted by atomic mass is 9.92. The Kier molecular flexibility index (Phi) is 10.5. The smallest absolute Gasteiger partial charge is 0.0654 e. The third-order valence-electron chi connectivity index (χ3n) is 10.5. The Morgan fingerprint density at radius 2 is 0.830 bits per heavy atom. The molecule has 0 amide bonds. The molecule has 47 heavy (non-hydrogen) atoms. The quantitative estimate of drug-likeness (QED) is 0.121. The number of hydrogen-bond donors (Lipinski definition) is 0. The molecule has 0 aromatic heterocycles. The molecule has 1 heteroatoms. The number of fused-ring (bicyclic) bond motifs is 2. The molecule has 0 heterocycles. The van der Waals surface area contributed by atoms with Crippen molar-refractivity contribution in [2.75, 3.05) is 0 Å². The first kappa shape index (κ1) is 33.5. The molecule has 4 aromatic carbocycles. The molecule has 4 aromatic rings. The van der Waals surface area contributed by atoms with Gasteiger partial charge >= 0.3 is 0 Å². The van der Waals surface area contributed by atoms with E-state index in [4.69, 9.17) is 0 Å². The Labute approximate surface area is 287 Å². The molecular weight excluding hydrogens is 581 g/mol. The standard InChI is InChI=1S/C46H54Si/c1-7-11-21-37-31-35-25-17-29-41(39-27-15-13-23-33(39)19-9-3)43(35)45(37)47(5,6)46-38(22-12-8-2)32-36-26-18-30-42(44(36)46)40-28-16-14-24-34(40)20-10-4/h13-18,23-32H,7-12,19-22H2,1-6H3. The third-order valence-corrected chi connectivity index (χ3v) is 14.1. The van der Waals surface area contributed by atoms with Gasteiger partial charge in [-0.05, 0) is 105 Å². The van der Waals surface area contributed by atoms with E-state index >= 15 is 0 Å². The molecular formula is C46H54Si. The summed E-state index contributed by atoms with van der Waals surface area (Å²) in [6.45, 7) is 14.7. The predicted octanol–water partition coefficient (Wildman–Crippen LogP) is 13.4. The maximum absolute atomic E-state index is 2.69. The van der Waals surface area contributed by atoms with Crippen LogP contribution in [0.25, 0.3) is 32.6 Å². The summed E-state index contributed by atoms with van der Waals surface area (Å²) in [4.78, 5) is 0. The van der Waals surface area contributed by atoms with Crippen molar-refractivity contribution in [3.05, 3.63) is 142 Å². The highest BCUT2D eigenvalue weighted by atomic mass is 28.3. The van der Waals surface area contributed by atoms with Gasteiger partial charge in [-0.2, -0.15) is 0 Å². The van der Waals surface area contributed by atoms with E-state index in [9.17, 15) is 0 Å². The molecule has 0 bridgehead atoms. The van der Waals surface area contributed by atoms with Gasteiger partial charge in [0.2, 0.25) is 0 Å². The maximum Gasteiger partial charge on any atom is 0.113 e. The van der Waals surface area contributed by atoms with Gasteiger partial charge in [-0.3, -0.25) is 0 Å². The van der Waals surface area contributed by atoms with Crippen LogP contribution in [0.1, 0.15) is 112 Å². The van der Waals surface area contributed by atoms with E-state index in [1.54, 1.807) is 21.5 Å². The summed E-state index contributed by atoms with van der Waals surface area (Å²) in [5, 5.41) is 3.37. The summed E-state index contributed by atoms with van der Waals surface area (Å²) in [5.41, 5.74) is 17.8. The fourth-order valence-electron chi connectivity index (χ4n) is 8.45. The van der Waals surface area contributed by atoms with Gasteiger partial charge in [0.15, 0.2) is 0 Å². The SMILES string of the molecule is CCCCC1=C([Si](C)(C)C2=C(CCCC)[CH]c3cccc(-c4ccccc4CCC)c32)c2c(cccc2-c2ccccc2CCC)[CH]1. The zero-order chi connectivity index (χ0) is 33.0. The van der Waals surface area contributed by atoms with Crippen molar-refractivity contribution in [2.45, 2.75) is 105 Å². The summed E-state index contributed by atoms with van der Waals surface area (Å²) >= 11 is 0. The first-order valence-electron chi connectivity index (χ1n) is 18.5. The van der Waals surface area contributed by atoms with E-state index < -0.39 is 8.07 Å². The topological polar surface area (TPSA) is 0 Å². The van der Waals surface area contributed by atoms with Gasteiger partial charge in [-0.15, -0.1) is 0 Å². The number of allylic oxidation sites excluding steroid dienone is 2. The average Bonchev–Trinajstić information content (AvgIpc) is 3.66. The molecule has 0 aliphatic heterocycles. The zero-order valence-electron chi connectivity index (χ0n) is 29.8. The predicted molar refractivity (Wildman–Crippen MR) is 209 cm³/mol. The Hall–Kier alpha value is -3.42. The van der Waals surface area contributed by atoms with Crippen LogP contribution in [0, 0.1) is 12.8 Å². The van der Waals surface area contributed by atoms with Crippen molar-refractivity contribution >= 4 is 18.5 Å². The lowest BCUT2D eigenvalue weighted by Gasteiger charge is -2.33. The van der Waals surface area contributed by atoms with E-state index in [0.717, 1.165) is 38.5 Å². The number of unbranched alkanes of at least 4 members (excludes halogenated alkanes) is 2. The van der Waals surface area contributed by atoms with Gasteiger partial charge in [0.1, 0.15) is 8.07 Å². The molecule has 0 N–H and O–H groups in total. The highest BCUT2D eigenvalue weighted by molar-refractivity contribution is 7.09. The van der Waals surface area contributed by atoms with Gasteiger partial charge in [-0.1, -0.05) is 163 Å². The normalized spacial score (nSPS) is 14.3. The first-order chi connectivity index (χ1) is 22.9. The Balaban J connectivity index is 1.61. The van der Waals surface area contributed by atoms with E-state index in [2.05, 4.69) is 139 Å². The Morgan fingerprint density at radius 1 is 0.426 bits per heavy atom. The zero-order valence-corrected chi connectivity index (χ0v) is 30.8. The van der Waals surface area contributed by atoms with E-state index in [-0.39, 0.29) is 0 Å². The fourth-order valence-corrected chi connectivity index (χ4v) is 12.5. The highest BCUT2D eigenvalue weighted by Crippen LogP contribution is 2.55. The van der Waals surface area contributed by atoms with E-state index in [0.29, 0.717) is 0 Å². The summed E-state index contributed by atoms with van der Waals surface area (Å²) in [6, 6.07) is 32.6. The van der Waals surface area contributed by atoms with Crippen LogP contribution in [-0.4, -0.2) is 8.07 Å². The number of benzene rings is 4. The van der Waals surface area contributed by atoms with Crippen LogP contribution in [0.3, 0.4) is 0 Å². The number of hydrogen-bond acceptors (Lipinski definition) is 0. The van der Waals surface area contributed by atoms with Gasteiger partial charge in [0.05, 0.1) is 0 Å². The van der Waals surface area contributed by atoms with Gasteiger partial charge in [0.25, 0.3) is 0 Å². The van der Waals surface area contributed by atoms with Gasteiger partial charge in [-0.25, -0.2) is 0 Å². The molecule has 0 fully saturated rings. The Morgan fingerprint density at radius 3 is 1.23 bits per heavy atom. The largest absolute Gasteiger partial charge is 0.113 e. The van der Waals surface area contributed by atoms with Crippen LogP contribution in [-0.2, 0) is 12.8 Å². The molecule has 0 nitrogen and oxygen atoms in total. The summed E-state index contributed by atoms with van der Waals surface area (Å²) in [6.07, 6.45) is 16.9. The summed E-state index contributed by atoms with van der Waals surface area (Å²) < 4.78 is 0. The molecule has 0 saturated carbocycles. The molecule has 0 spiro atoms. The van der Waals surface area contributed by atoms with Crippen LogP contribution < -0.4 is 0 Å². The minimum atomic E-state index is -2.27. The van der Waals surface area contributed by atoms with Crippen LogP contribution in [0.4, 0.5) is 0 Å². The monoisotopic (exact) mass is 634 g/mol. The van der Waals surface area contributed by atoms with Crippen molar-refractivity contribution in [3.8, 4) is 22.3 Å². The van der Waals surface area contributed by atoms with E-state index in [1.165, 1.54) is 81.3 Å². The summed E-state index contributed by atoms with van der Waals surface area (Å²) in [7, 11) is -2.27.